The first kappa shape index (κ1) is 34.7. The van der Waals surface area contributed by atoms with Gasteiger partial charge in [-0.05, 0) is 75.9 Å². The molecule has 48 heavy (non-hydrogen) atoms. The molecule has 1 aliphatic heterocycles. The average Bonchev–Trinajstić information content (AvgIpc) is 3.35. The highest BCUT2D eigenvalue weighted by Gasteiger charge is 2.33. The Morgan fingerprint density at radius 2 is 1.75 bits per heavy atom. The Bertz CT molecular complexity index is 1970. The number of hydrogen-bond acceptors (Lipinski definition) is 6. The summed E-state index contributed by atoms with van der Waals surface area (Å²) in [4.78, 5) is 42.9. The molecule has 1 aliphatic rings. The van der Waals surface area contributed by atoms with Crippen molar-refractivity contribution in [2.45, 2.75) is 38.5 Å². The van der Waals surface area contributed by atoms with E-state index >= 15 is 4.39 Å². The van der Waals surface area contributed by atoms with Crippen LogP contribution in [-0.2, 0) is 13.1 Å². The fourth-order valence-electron chi connectivity index (χ4n) is 5.42. The first-order valence-corrected chi connectivity index (χ1v) is 15.7. The van der Waals surface area contributed by atoms with Gasteiger partial charge in [0.25, 0.3) is 5.91 Å². The molecule has 0 unspecified atom stereocenters. The fraction of sp³-hybridized carbons (Fsp3) is 0.273. The van der Waals surface area contributed by atoms with Gasteiger partial charge in [0.05, 0.1) is 22.9 Å². The maximum atomic E-state index is 15.1. The van der Waals surface area contributed by atoms with Gasteiger partial charge in [0, 0.05) is 35.6 Å². The smallest absolute Gasteiger partial charge is 0.422 e. The van der Waals surface area contributed by atoms with Gasteiger partial charge in [0.1, 0.15) is 29.1 Å². The normalized spacial score (nSPS) is 13.4. The molecule has 0 saturated heterocycles. The lowest BCUT2D eigenvalue weighted by Crippen LogP contribution is -2.41. The van der Waals surface area contributed by atoms with Gasteiger partial charge < -0.3 is 14.4 Å². The van der Waals surface area contributed by atoms with Gasteiger partial charge in [-0.2, -0.15) is 18.4 Å². The zero-order valence-corrected chi connectivity index (χ0v) is 27.5. The van der Waals surface area contributed by atoms with Crippen LogP contribution in [0.4, 0.5) is 17.6 Å². The van der Waals surface area contributed by atoms with Crippen LogP contribution >= 0.6 is 27.5 Å². The van der Waals surface area contributed by atoms with Crippen molar-refractivity contribution >= 4 is 39.2 Å². The van der Waals surface area contributed by atoms with Crippen molar-refractivity contribution in [1.29, 1.82) is 5.26 Å². The topological polar surface area (TPSA) is 107 Å². The minimum absolute atomic E-state index is 0.0449. The van der Waals surface area contributed by atoms with Crippen molar-refractivity contribution in [2.75, 3.05) is 19.8 Å². The van der Waals surface area contributed by atoms with E-state index in [1.165, 1.54) is 51.9 Å². The molecule has 1 aromatic heterocycles. The summed E-state index contributed by atoms with van der Waals surface area (Å²) < 4.78 is 66.2. The van der Waals surface area contributed by atoms with E-state index < -0.39 is 36.0 Å². The summed E-state index contributed by atoms with van der Waals surface area (Å²) in [6.07, 6.45) is -4.80. The molecule has 1 atom stereocenters. The van der Waals surface area contributed by atoms with Crippen LogP contribution in [-0.4, -0.2) is 51.7 Å². The molecule has 15 heteroatoms. The second-order valence-electron chi connectivity index (χ2n) is 11.0. The number of halogens is 6. The molecule has 0 N–H and O–H groups in total. The Morgan fingerprint density at radius 1 is 1.04 bits per heavy atom. The number of imidazole rings is 1. The second kappa shape index (κ2) is 14.2. The van der Waals surface area contributed by atoms with Gasteiger partial charge in [-0.1, -0.05) is 24.6 Å². The molecule has 0 radical (unpaired) electrons. The number of ether oxygens (including phenoxy) is 2. The number of ketones is 1. The summed E-state index contributed by atoms with van der Waals surface area (Å²) in [6.45, 7) is -0.0627. The SMILES string of the molecule is C[C@H](CC(=O)c1c2n(c(=O)n1-c1ccc(OCC(F)(F)F)cc1)CCN(C(=O)c1ccc(Br)c(Cl)c1)C2)c1ccc(OCC#N)cc1F. The third kappa shape index (κ3) is 7.58. The largest absolute Gasteiger partial charge is 0.484 e. The molecule has 250 valence electrons. The quantitative estimate of drug-likeness (QED) is 0.127. The molecule has 0 spiro atoms. The molecule has 3 aromatic carbocycles. The van der Waals surface area contributed by atoms with Crippen molar-refractivity contribution in [3.8, 4) is 23.3 Å². The molecule has 4 aromatic rings. The number of fused-ring (bicyclic) bond motifs is 1. The summed E-state index contributed by atoms with van der Waals surface area (Å²) in [5.74, 6) is -2.19. The molecule has 9 nitrogen and oxygen atoms in total. The number of nitriles is 1. The summed E-state index contributed by atoms with van der Waals surface area (Å²) in [5.41, 5.74) is 0.292. The van der Waals surface area contributed by atoms with E-state index in [0.29, 0.717) is 15.1 Å². The van der Waals surface area contributed by atoms with E-state index in [1.807, 2.05) is 0 Å². The Balaban J connectivity index is 1.51. The van der Waals surface area contributed by atoms with Gasteiger partial charge in [-0.15, -0.1) is 0 Å². The van der Waals surface area contributed by atoms with E-state index in [4.69, 9.17) is 26.3 Å². The molecule has 2 heterocycles. The lowest BCUT2D eigenvalue weighted by atomic mass is 9.93. The number of benzene rings is 3. The highest BCUT2D eigenvalue weighted by Crippen LogP contribution is 2.30. The standard InChI is InChI=1S/C33H26BrClF4N4O5/c1-19(24-8-7-23(16-27(24)36)47-13-10-40)14-29(44)30-28-17-41(31(45)20-2-9-25(34)26(35)15-20)11-12-42(28)32(46)43(30)21-3-5-22(6-4-21)48-18-33(37,38)39/h2-9,15-16,19H,11-14,17-18H2,1H3/t19-/m1/s1. The third-order valence-corrected chi connectivity index (χ3v) is 8.92. The number of hydrogen-bond donors (Lipinski definition) is 0. The number of carbonyl (C=O) groups is 2. The summed E-state index contributed by atoms with van der Waals surface area (Å²) in [7, 11) is 0. The van der Waals surface area contributed by atoms with E-state index in [9.17, 15) is 27.6 Å². The summed E-state index contributed by atoms with van der Waals surface area (Å²) >= 11 is 9.50. The minimum Gasteiger partial charge on any atom is -0.484 e. The fourth-order valence-corrected chi connectivity index (χ4v) is 5.85. The molecule has 0 bridgehead atoms. The molecule has 1 amide bonds. The number of aromatic nitrogens is 2. The summed E-state index contributed by atoms with van der Waals surface area (Å²) in [5, 5.41) is 9.05. The molecule has 0 fully saturated rings. The van der Waals surface area contributed by atoms with Crippen LogP contribution in [0.5, 0.6) is 11.5 Å². The van der Waals surface area contributed by atoms with Crippen LogP contribution in [0.2, 0.25) is 5.02 Å². The van der Waals surface area contributed by atoms with Gasteiger partial charge in [-0.3, -0.25) is 18.7 Å². The zero-order chi connectivity index (χ0) is 34.7. The first-order valence-electron chi connectivity index (χ1n) is 14.5. The number of alkyl halides is 3. The van der Waals surface area contributed by atoms with Crippen LogP contribution in [0.1, 0.15) is 51.4 Å². The highest BCUT2D eigenvalue weighted by atomic mass is 79.9. The second-order valence-corrected chi connectivity index (χ2v) is 12.2. The van der Waals surface area contributed by atoms with Gasteiger partial charge in [0.15, 0.2) is 19.0 Å². The van der Waals surface area contributed by atoms with Crippen molar-refractivity contribution in [3.05, 3.63) is 109 Å². The predicted molar refractivity (Wildman–Crippen MR) is 170 cm³/mol. The maximum Gasteiger partial charge on any atom is 0.422 e. The average molecular weight is 750 g/mol. The number of nitrogens with zero attached hydrogens (tertiary/aromatic N) is 4. The lowest BCUT2D eigenvalue weighted by molar-refractivity contribution is -0.153. The number of amides is 1. The number of Topliss-reactive ketones (excluding diaryl/α,β-unsaturated/α-hetero) is 1. The Kier molecular flexibility index (Phi) is 10.3. The number of carbonyl (C=O) groups excluding carboxylic acids is 2. The van der Waals surface area contributed by atoms with Crippen molar-refractivity contribution < 1.29 is 36.6 Å². The van der Waals surface area contributed by atoms with Crippen LogP contribution in [0.15, 0.2) is 69.9 Å². The van der Waals surface area contributed by atoms with E-state index in [-0.39, 0.29) is 72.7 Å². The number of rotatable bonds is 10. The molecule has 0 aliphatic carbocycles. The lowest BCUT2D eigenvalue weighted by Gasteiger charge is -2.28. The third-order valence-electron chi connectivity index (χ3n) is 7.69. The van der Waals surface area contributed by atoms with E-state index in [0.717, 1.165) is 10.6 Å². The van der Waals surface area contributed by atoms with Crippen LogP contribution in [0, 0.1) is 17.1 Å². The Morgan fingerprint density at radius 3 is 2.40 bits per heavy atom. The van der Waals surface area contributed by atoms with Gasteiger partial charge in [0.2, 0.25) is 0 Å². The van der Waals surface area contributed by atoms with Crippen LogP contribution in [0.25, 0.3) is 5.69 Å². The van der Waals surface area contributed by atoms with Crippen molar-refractivity contribution in [3.63, 3.8) is 0 Å². The van der Waals surface area contributed by atoms with Gasteiger partial charge in [-0.25, -0.2) is 9.18 Å². The van der Waals surface area contributed by atoms with E-state index in [1.54, 1.807) is 25.1 Å². The molecule has 0 saturated carbocycles. The summed E-state index contributed by atoms with van der Waals surface area (Å²) in [6, 6.07) is 15.8. The minimum atomic E-state index is -4.55. The first-order chi connectivity index (χ1) is 22.8. The maximum absolute atomic E-state index is 15.1. The molecular weight excluding hydrogens is 724 g/mol. The highest BCUT2D eigenvalue weighted by molar-refractivity contribution is 9.10. The monoisotopic (exact) mass is 748 g/mol. The van der Waals surface area contributed by atoms with Crippen LogP contribution in [0.3, 0.4) is 0 Å². The molecule has 5 rings (SSSR count). The Labute approximate surface area is 285 Å². The van der Waals surface area contributed by atoms with Crippen molar-refractivity contribution in [1.82, 2.24) is 14.0 Å². The zero-order valence-electron chi connectivity index (χ0n) is 25.2. The van der Waals surface area contributed by atoms with Crippen molar-refractivity contribution in [2.24, 2.45) is 0 Å². The Hall–Kier alpha value is -4.61. The van der Waals surface area contributed by atoms with E-state index in [2.05, 4.69) is 15.9 Å². The molecular formula is C33H26BrClF4N4O5. The van der Waals surface area contributed by atoms with Crippen LogP contribution < -0.4 is 15.2 Å². The van der Waals surface area contributed by atoms with Gasteiger partial charge >= 0.3 is 11.9 Å². The predicted octanol–water partition coefficient (Wildman–Crippen LogP) is 7.07.